The highest BCUT2D eigenvalue weighted by atomic mass is 16.5. The van der Waals surface area contributed by atoms with Crippen LogP contribution in [0.1, 0.15) is 50.7 Å². The number of ether oxygens (including phenoxy) is 2. The highest BCUT2D eigenvalue weighted by molar-refractivity contribution is 6.11. The second-order valence-corrected chi connectivity index (χ2v) is 8.26. The quantitative estimate of drug-likeness (QED) is 0.422. The monoisotopic (exact) mass is 410 g/mol. The fourth-order valence-electron chi connectivity index (χ4n) is 3.88. The molecule has 162 valence electrons. The molecule has 0 saturated carbocycles. The fourth-order valence-corrected chi connectivity index (χ4v) is 3.88. The summed E-state index contributed by atoms with van der Waals surface area (Å²) in [5.41, 5.74) is 2.26. The molecule has 0 aliphatic heterocycles. The molecule has 3 aromatic rings. The first-order valence-electron chi connectivity index (χ1n) is 11.0. The molecule has 0 aliphatic rings. The Labute approximate surface area is 179 Å². The predicted octanol–water partition coefficient (Wildman–Crippen LogP) is 5.69. The van der Waals surface area contributed by atoms with Crippen molar-refractivity contribution in [2.24, 2.45) is 0 Å². The molecule has 0 amide bonds. The van der Waals surface area contributed by atoms with Crippen LogP contribution in [0.15, 0.2) is 36.4 Å². The number of hydrogen-bond acceptors (Lipinski definition) is 4. The summed E-state index contributed by atoms with van der Waals surface area (Å²) in [6.45, 7) is 8.74. The fraction of sp³-hybridized carbons (Fsp3) is 0.462. The number of aliphatic hydroxyl groups excluding tert-OH is 2. The summed E-state index contributed by atoms with van der Waals surface area (Å²) < 4.78 is 12.4. The van der Waals surface area contributed by atoms with E-state index in [-0.39, 0.29) is 13.2 Å². The molecule has 0 aliphatic carbocycles. The molecule has 0 heterocycles. The molecule has 30 heavy (non-hydrogen) atoms. The number of benzene rings is 3. The van der Waals surface area contributed by atoms with Crippen molar-refractivity contribution in [2.75, 3.05) is 13.2 Å². The Bertz CT molecular complexity index is 914. The standard InChI is InChI=1S/C26H34O4/c1-5-7-19(27)15-29-25-21-11-9-18(4)14-24(21)26(30-16-20(28)8-6-2)22-12-10-17(3)13-23(22)25/h9-14,19-20,27-28H,5-8,15-16H2,1-4H3. The van der Waals surface area contributed by atoms with Gasteiger partial charge in [-0.25, -0.2) is 0 Å². The van der Waals surface area contributed by atoms with Crippen LogP contribution in [0.5, 0.6) is 11.5 Å². The number of aliphatic hydroxyl groups is 2. The van der Waals surface area contributed by atoms with Crippen LogP contribution in [-0.2, 0) is 0 Å². The SMILES string of the molecule is CCCC(O)COc1c2ccc(C)cc2c(OCC(O)CCC)c2ccc(C)cc12. The van der Waals surface area contributed by atoms with E-state index in [0.717, 1.165) is 57.0 Å². The van der Waals surface area contributed by atoms with Gasteiger partial charge < -0.3 is 19.7 Å². The minimum atomic E-state index is -0.490. The lowest BCUT2D eigenvalue weighted by Gasteiger charge is -2.20. The minimum absolute atomic E-state index is 0.259. The molecule has 2 atom stereocenters. The normalized spacial score (nSPS) is 13.5. The third kappa shape index (κ3) is 5.05. The zero-order chi connectivity index (χ0) is 21.7. The Hall–Kier alpha value is -2.30. The number of hydrogen-bond donors (Lipinski definition) is 2. The van der Waals surface area contributed by atoms with E-state index in [9.17, 15) is 10.2 Å². The Morgan fingerprint density at radius 2 is 1.07 bits per heavy atom. The first-order valence-corrected chi connectivity index (χ1v) is 11.0. The van der Waals surface area contributed by atoms with Gasteiger partial charge in [-0.1, -0.05) is 62.1 Å². The summed E-state index contributed by atoms with van der Waals surface area (Å²) in [7, 11) is 0. The largest absolute Gasteiger partial charge is 0.490 e. The molecule has 4 heteroatoms. The van der Waals surface area contributed by atoms with Crippen molar-refractivity contribution in [3.05, 3.63) is 47.5 Å². The van der Waals surface area contributed by atoms with E-state index in [0.29, 0.717) is 12.8 Å². The summed E-state index contributed by atoms with van der Waals surface area (Å²) in [6, 6.07) is 12.5. The maximum Gasteiger partial charge on any atom is 0.135 e. The molecular weight excluding hydrogens is 376 g/mol. The van der Waals surface area contributed by atoms with Crippen LogP contribution in [0.2, 0.25) is 0 Å². The first kappa shape index (κ1) is 22.4. The van der Waals surface area contributed by atoms with Crippen LogP contribution >= 0.6 is 0 Å². The summed E-state index contributed by atoms with van der Waals surface area (Å²) in [5.74, 6) is 1.56. The molecular formula is C26H34O4. The third-order valence-electron chi connectivity index (χ3n) is 5.41. The summed E-state index contributed by atoms with van der Waals surface area (Å²) in [4.78, 5) is 0. The van der Waals surface area contributed by atoms with Crippen LogP contribution in [0.4, 0.5) is 0 Å². The van der Waals surface area contributed by atoms with Crippen molar-refractivity contribution < 1.29 is 19.7 Å². The number of rotatable bonds is 10. The van der Waals surface area contributed by atoms with Crippen LogP contribution in [-0.4, -0.2) is 35.6 Å². The Morgan fingerprint density at radius 3 is 1.43 bits per heavy atom. The Morgan fingerprint density at radius 1 is 0.667 bits per heavy atom. The molecule has 0 spiro atoms. The molecule has 2 N–H and O–H groups in total. The predicted molar refractivity (Wildman–Crippen MR) is 124 cm³/mol. The summed E-state index contributed by atoms with van der Waals surface area (Å²) >= 11 is 0. The van der Waals surface area contributed by atoms with E-state index in [4.69, 9.17) is 9.47 Å². The van der Waals surface area contributed by atoms with Gasteiger partial charge in [0.1, 0.15) is 24.7 Å². The maximum absolute atomic E-state index is 10.2. The molecule has 4 nitrogen and oxygen atoms in total. The third-order valence-corrected chi connectivity index (χ3v) is 5.41. The van der Waals surface area contributed by atoms with Gasteiger partial charge in [-0.15, -0.1) is 0 Å². The van der Waals surface area contributed by atoms with Gasteiger partial charge in [-0.05, 0) is 38.8 Å². The molecule has 0 aromatic heterocycles. The van der Waals surface area contributed by atoms with E-state index >= 15 is 0 Å². The molecule has 2 unspecified atom stereocenters. The van der Waals surface area contributed by atoms with Gasteiger partial charge in [0.15, 0.2) is 0 Å². The van der Waals surface area contributed by atoms with Gasteiger partial charge in [0.25, 0.3) is 0 Å². The van der Waals surface area contributed by atoms with Crippen molar-refractivity contribution in [3.8, 4) is 11.5 Å². The lowest BCUT2D eigenvalue weighted by Crippen LogP contribution is -2.18. The van der Waals surface area contributed by atoms with E-state index in [2.05, 4.69) is 64.1 Å². The smallest absolute Gasteiger partial charge is 0.135 e. The van der Waals surface area contributed by atoms with Crippen molar-refractivity contribution in [1.29, 1.82) is 0 Å². The summed E-state index contributed by atoms with van der Waals surface area (Å²) in [6.07, 6.45) is 2.27. The lowest BCUT2D eigenvalue weighted by molar-refractivity contribution is 0.0997. The maximum atomic E-state index is 10.2. The lowest BCUT2D eigenvalue weighted by atomic mass is 9.97. The molecule has 0 saturated heterocycles. The van der Waals surface area contributed by atoms with E-state index < -0.39 is 12.2 Å². The molecule has 3 aromatic carbocycles. The first-order chi connectivity index (χ1) is 14.4. The van der Waals surface area contributed by atoms with Gasteiger partial charge in [0.05, 0.1) is 12.2 Å². The van der Waals surface area contributed by atoms with Gasteiger partial charge in [-0.3, -0.25) is 0 Å². The van der Waals surface area contributed by atoms with Gasteiger partial charge in [0.2, 0.25) is 0 Å². The van der Waals surface area contributed by atoms with Crippen LogP contribution < -0.4 is 9.47 Å². The average Bonchev–Trinajstić information content (AvgIpc) is 2.71. The van der Waals surface area contributed by atoms with Gasteiger partial charge >= 0.3 is 0 Å². The molecule has 3 rings (SSSR count). The van der Waals surface area contributed by atoms with E-state index in [1.165, 1.54) is 0 Å². The average molecular weight is 411 g/mol. The second-order valence-electron chi connectivity index (χ2n) is 8.26. The second kappa shape index (κ2) is 10.1. The zero-order valence-electron chi connectivity index (χ0n) is 18.6. The van der Waals surface area contributed by atoms with Crippen LogP contribution in [0.25, 0.3) is 21.5 Å². The van der Waals surface area contributed by atoms with Crippen molar-refractivity contribution in [2.45, 2.75) is 65.6 Å². The van der Waals surface area contributed by atoms with Crippen molar-refractivity contribution >= 4 is 21.5 Å². The number of aryl methyl sites for hydroxylation is 2. The van der Waals surface area contributed by atoms with Crippen LogP contribution in [0, 0.1) is 13.8 Å². The Balaban J connectivity index is 2.15. The van der Waals surface area contributed by atoms with E-state index in [1.54, 1.807) is 0 Å². The van der Waals surface area contributed by atoms with Crippen molar-refractivity contribution in [1.82, 2.24) is 0 Å². The minimum Gasteiger partial charge on any atom is -0.490 e. The highest BCUT2D eigenvalue weighted by Crippen LogP contribution is 2.43. The zero-order valence-corrected chi connectivity index (χ0v) is 18.6. The highest BCUT2D eigenvalue weighted by Gasteiger charge is 2.18. The van der Waals surface area contributed by atoms with Gasteiger partial charge in [0, 0.05) is 21.5 Å². The number of fused-ring (bicyclic) bond motifs is 2. The van der Waals surface area contributed by atoms with Crippen molar-refractivity contribution in [3.63, 3.8) is 0 Å². The molecule has 0 fully saturated rings. The van der Waals surface area contributed by atoms with Crippen LogP contribution in [0.3, 0.4) is 0 Å². The summed E-state index contributed by atoms with van der Waals surface area (Å²) in [5, 5.41) is 24.3. The van der Waals surface area contributed by atoms with Gasteiger partial charge in [-0.2, -0.15) is 0 Å². The van der Waals surface area contributed by atoms with E-state index in [1.807, 2.05) is 0 Å². The topological polar surface area (TPSA) is 58.9 Å². The molecule has 0 bridgehead atoms. The Kier molecular flexibility index (Phi) is 7.57. The molecule has 0 radical (unpaired) electrons.